The molecule has 6 heteroatoms. The predicted molar refractivity (Wildman–Crippen MR) is 111 cm³/mol. The molecule has 1 amide bonds. The first kappa shape index (κ1) is 19.2. The van der Waals surface area contributed by atoms with Gasteiger partial charge >= 0.3 is 0 Å². The number of ether oxygens (including phenoxy) is 3. The van der Waals surface area contributed by atoms with Gasteiger partial charge in [0.25, 0.3) is 5.91 Å². The molecule has 3 aromatic rings. The van der Waals surface area contributed by atoms with Gasteiger partial charge in [0.2, 0.25) is 0 Å². The van der Waals surface area contributed by atoms with Gasteiger partial charge in [-0.15, -0.1) is 0 Å². The second-order valence-electron chi connectivity index (χ2n) is 7.75. The summed E-state index contributed by atoms with van der Waals surface area (Å²) in [6.45, 7) is 2.94. The van der Waals surface area contributed by atoms with E-state index in [0.717, 1.165) is 29.5 Å². The average Bonchev–Trinajstić information content (AvgIpc) is 3.46. The Morgan fingerprint density at radius 2 is 1.67 bits per heavy atom. The summed E-state index contributed by atoms with van der Waals surface area (Å²) in [7, 11) is 0. The van der Waals surface area contributed by atoms with Crippen LogP contribution in [0.15, 0.2) is 59.0 Å². The first-order valence-electron chi connectivity index (χ1n) is 10.5. The number of furan rings is 1. The highest BCUT2D eigenvalue weighted by Crippen LogP contribution is 2.31. The molecule has 3 heterocycles. The molecule has 0 atom stereocenters. The number of rotatable bonds is 5. The van der Waals surface area contributed by atoms with Gasteiger partial charge in [0.1, 0.15) is 17.9 Å². The van der Waals surface area contributed by atoms with Crippen LogP contribution in [-0.4, -0.2) is 43.4 Å². The molecule has 0 spiro atoms. The topological polar surface area (TPSA) is 61.1 Å². The van der Waals surface area contributed by atoms with Gasteiger partial charge in [-0.1, -0.05) is 36.4 Å². The Morgan fingerprint density at radius 3 is 2.43 bits per heavy atom. The van der Waals surface area contributed by atoms with E-state index in [0.29, 0.717) is 43.6 Å². The zero-order valence-electron chi connectivity index (χ0n) is 16.8. The maximum atomic E-state index is 13.3. The van der Waals surface area contributed by atoms with Crippen LogP contribution in [0.1, 0.15) is 29.0 Å². The van der Waals surface area contributed by atoms with Gasteiger partial charge < -0.3 is 23.5 Å². The summed E-state index contributed by atoms with van der Waals surface area (Å²) in [5, 5.41) is 0.916. The summed E-state index contributed by atoms with van der Waals surface area (Å²) < 4.78 is 23.3. The fourth-order valence-electron chi connectivity index (χ4n) is 4.25. The van der Waals surface area contributed by atoms with Gasteiger partial charge in [0.05, 0.1) is 13.2 Å². The number of hydrogen-bond acceptors (Lipinski definition) is 5. The zero-order valence-corrected chi connectivity index (χ0v) is 16.8. The third-order valence-corrected chi connectivity index (χ3v) is 5.88. The molecule has 2 fully saturated rings. The van der Waals surface area contributed by atoms with E-state index < -0.39 is 0 Å². The van der Waals surface area contributed by atoms with Crippen LogP contribution < -0.4 is 4.74 Å². The van der Waals surface area contributed by atoms with Crippen LogP contribution in [0, 0.1) is 5.92 Å². The third kappa shape index (κ3) is 3.80. The minimum atomic E-state index is -0.122. The van der Waals surface area contributed by atoms with E-state index in [1.807, 2.05) is 59.5 Å². The Balaban J connectivity index is 1.34. The smallest absolute Gasteiger partial charge is 0.290 e. The van der Waals surface area contributed by atoms with Crippen LogP contribution in [-0.2, 0) is 16.1 Å². The summed E-state index contributed by atoms with van der Waals surface area (Å²) in [5.41, 5.74) is 1.50. The van der Waals surface area contributed by atoms with Crippen molar-refractivity contribution < 1.29 is 23.4 Å². The van der Waals surface area contributed by atoms with E-state index in [1.165, 1.54) is 0 Å². The molecule has 6 nitrogen and oxygen atoms in total. The highest BCUT2D eigenvalue weighted by molar-refractivity contribution is 5.99. The molecule has 2 aromatic carbocycles. The fourth-order valence-corrected chi connectivity index (χ4v) is 4.25. The van der Waals surface area contributed by atoms with Crippen LogP contribution in [0.25, 0.3) is 11.0 Å². The van der Waals surface area contributed by atoms with E-state index in [4.69, 9.17) is 18.6 Å². The van der Waals surface area contributed by atoms with Crippen molar-refractivity contribution in [2.45, 2.75) is 25.7 Å². The molecule has 1 aromatic heterocycles. The van der Waals surface area contributed by atoms with Crippen molar-refractivity contribution in [1.82, 2.24) is 4.90 Å². The number of para-hydroxylation sites is 2. The maximum absolute atomic E-state index is 13.3. The third-order valence-electron chi connectivity index (χ3n) is 5.88. The highest BCUT2D eigenvalue weighted by Gasteiger charge is 2.34. The number of nitrogens with zero attached hydrogens (tertiary/aromatic N) is 1. The van der Waals surface area contributed by atoms with Gasteiger partial charge in [-0.25, -0.2) is 0 Å². The van der Waals surface area contributed by atoms with Crippen molar-refractivity contribution in [3.05, 3.63) is 65.9 Å². The van der Waals surface area contributed by atoms with Gasteiger partial charge in [-0.3, -0.25) is 4.79 Å². The molecule has 30 heavy (non-hydrogen) atoms. The molecule has 0 saturated carbocycles. The Morgan fingerprint density at radius 1 is 0.967 bits per heavy atom. The van der Waals surface area contributed by atoms with Crippen LogP contribution in [0.5, 0.6) is 5.75 Å². The number of carbonyl (C=O) groups is 1. The minimum Gasteiger partial charge on any atom is -0.489 e. The predicted octanol–water partition coefficient (Wildman–Crippen LogP) is 4.24. The first-order valence-corrected chi connectivity index (χ1v) is 10.5. The van der Waals surface area contributed by atoms with Crippen molar-refractivity contribution in [1.29, 1.82) is 0 Å². The summed E-state index contributed by atoms with van der Waals surface area (Å²) in [6.07, 6.45) is 1.61. The summed E-state index contributed by atoms with van der Waals surface area (Å²) >= 11 is 0. The SMILES string of the molecule is O=C(c1oc2ccccc2c1COc1ccccc1)N1CCC(C2OCCO2)CC1. The van der Waals surface area contributed by atoms with Crippen LogP contribution in [0.2, 0.25) is 0 Å². The van der Waals surface area contributed by atoms with Gasteiger partial charge in [0, 0.05) is 30.0 Å². The lowest BCUT2D eigenvalue weighted by Gasteiger charge is -2.33. The fraction of sp³-hybridized carbons (Fsp3) is 0.375. The van der Waals surface area contributed by atoms with Crippen molar-refractivity contribution in [2.24, 2.45) is 5.92 Å². The number of hydrogen-bond donors (Lipinski definition) is 0. The van der Waals surface area contributed by atoms with Gasteiger partial charge in [0.15, 0.2) is 12.1 Å². The molecule has 2 saturated heterocycles. The zero-order chi connectivity index (χ0) is 20.3. The molecule has 2 aliphatic heterocycles. The largest absolute Gasteiger partial charge is 0.489 e. The molecule has 0 bridgehead atoms. The van der Waals surface area contributed by atoms with E-state index in [-0.39, 0.29) is 18.8 Å². The van der Waals surface area contributed by atoms with Crippen molar-refractivity contribution in [2.75, 3.05) is 26.3 Å². The Hall–Kier alpha value is -2.83. The Kier molecular flexibility index (Phi) is 5.43. The van der Waals surface area contributed by atoms with E-state index in [1.54, 1.807) is 0 Å². The molecule has 0 unspecified atom stereocenters. The highest BCUT2D eigenvalue weighted by atomic mass is 16.7. The standard InChI is InChI=1S/C24H25NO5/c26-23(25-12-10-17(11-13-25)24-27-14-15-28-24)22-20(16-29-18-6-2-1-3-7-18)19-8-4-5-9-21(19)30-22/h1-9,17,24H,10-16H2. The normalized spacial score (nSPS) is 18.2. The van der Waals surface area contributed by atoms with Crippen molar-refractivity contribution in [3.8, 4) is 5.75 Å². The van der Waals surface area contributed by atoms with Crippen LogP contribution >= 0.6 is 0 Å². The van der Waals surface area contributed by atoms with E-state index >= 15 is 0 Å². The van der Waals surface area contributed by atoms with E-state index in [2.05, 4.69) is 0 Å². The lowest BCUT2D eigenvalue weighted by atomic mass is 9.96. The molecular formula is C24H25NO5. The molecule has 5 rings (SSSR count). The van der Waals surface area contributed by atoms with Crippen LogP contribution in [0.3, 0.4) is 0 Å². The summed E-state index contributed by atoms with van der Waals surface area (Å²) in [5.74, 6) is 1.40. The number of carbonyl (C=O) groups excluding carboxylic acids is 1. The monoisotopic (exact) mass is 407 g/mol. The number of piperidine rings is 1. The van der Waals surface area contributed by atoms with Crippen molar-refractivity contribution in [3.63, 3.8) is 0 Å². The summed E-state index contributed by atoms with van der Waals surface area (Å²) in [6, 6.07) is 17.3. The number of likely N-dealkylation sites (tertiary alicyclic amines) is 1. The Bertz CT molecular complexity index is 1000. The molecular weight excluding hydrogens is 382 g/mol. The lowest BCUT2D eigenvalue weighted by Crippen LogP contribution is -2.41. The molecule has 2 aliphatic rings. The lowest BCUT2D eigenvalue weighted by molar-refractivity contribution is -0.0956. The minimum absolute atomic E-state index is 0.0791. The molecule has 0 N–H and O–H groups in total. The second kappa shape index (κ2) is 8.50. The number of benzene rings is 2. The maximum Gasteiger partial charge on any atom is 0.290 e. The average molecular weight is 407 g/mol. The van der Waals surface area contributed by atoms with Gasteiger partial charge in [-0.2, -0.15) is 0 Å². The van der Waals surface area contributed by atoms with E-state index in [9.17, 15) is 4.79 Å². The molecule has 0 radical (unpaired) electrons. The number of fused-ring (bicyclic) bond motifs is 1. The van der Waals surface area contributed by atoms with Crippen molar-refractivity contribution >= 4 is 16.9 Å². The number of amides is 1. The quantitative estimate of drug-likeness (QED) is 0.633. The van der Waals surface area contributed by atoms with Gasteiger partial charge in [-0.05, 0) is 31.0 Å². The first-order chi connectivity index (χ1) is 14.8. The summed E-state index contributed by atoms with van der Waals surface area (Å²) in [4.78, 5) is 15.2. The Labute approximate surface area is 175 Å². The molecule has 0 aliphatic carbocycles. The van der Waals surface area contributed by atoms with Crippen LogP contribution in [0.4, 0.5) is 0 Å². The molecule has 156 valence electrons. The second-order valence-corrected chi connectivity index (χ2v) is 7.75.